The van der Waals surface area contributed by atoms with Crippen LogP contribution in [0.15, 0.2) is 48.5 Å². The van der Waals surface area contributed by atoms with Gasteiger partial charge in [0.05, 0.1) is 11.0 Å². The van der Waals surface area contributed by atoms with Gasteiger partial charge in [-0.15, -0.1) is 0 Å². The Kier molecular flexibility index (Phi) is 3.55. The van der Waals surface area contributed by atoms with E-state index in [9.17, 15) is 4.79 Å². The van der Waals surface area contributed by atoms with Gasteiger partial charge in [-0.2, -0.15) is 0 Å². The highest BCUT2D eigenvalue weighted by Gasteiger charge is 2.76. The molecule has 25 heavy (non-hydrogen) atoms. The summed E-state index contributed by atoms with van der Waals surface area (Å²) < 4.78 is 0. The monoisotopic (exact) mass is 373 g/mol. The van der Waals surface area contributed by atoms with Gasteiger partial charge in [-0.3, -0.25) is 4.79 Å². The summed E-state index contributed by atoms with van der Waals surface area (Å²) in [6, 6.07) is 15.7. The molecule has 1 saturated heterocycles. The largest absolute Gasteiger partial charge is 0.332 e. The molecule has 130 valence electrons. The molecule has 0 radical (unpaired) electrons. The van der Waals surface area contributed by atoms with Crippen molar-refractivity contribution in [3.05, 3.63) is 69.7 Å². The van der Waals surface area contributed by atoms with Crippen molar-refractivity contribution in [2.45, 2.75) is 38.1 Å². The lowest BCUT2D eigenvalue weighted by molar-refractivity contribution is -0.136. The summed E-state index contributed by atoms with van der Waals surface area (Å²) in [5.74, 6) is 0.210. The van der Waals surface area contributed by atoms with Crippen LogP contribution in [0.1, 0.15) is 38.3 Å². The average molecular weight is 374 g/mol. The summed E-state index contributed by atoms with van der Waals surface area (Å²) in [7, 11) is 0. The van der Waals surface area contributed by atoms with E-state index >= 15 is 0 Å². The van der Waals surface area contributed by atoms with Crippen LogP contribution < -0.4 is 0 Å². The molecule has 1 heterocycles. The maximum Gasteiger partial charge on any atom is 0.234 e. The van der Waals surface area contributed by atoms with Crippen LogP contribution in [-0.4, -0.2) is 17.4 Å². The fourth-order valence-electron chi connectivity index (χ4n) is 4.53. The molecule has 2 aliphatic rings. The van der Waals surface area contributed by atoms with Crippen LogP contribution in [0.2, 0.25) is 10.0 Å². The van der Waals surface area contributed by atoms with E-state index in [2.05, 4.69) is 32.9 Å². The Morgan fingerprint density at radius 3 is 2.24 bits per heavy atom. The third-order valence-corrected chi connectivity index (χ3v) is 6.62. The molecule has 2 aromatic rings. The number of nitrogens with zero attached hydrogens (tertiary/aromatic N) is 1. The standard InChI is InChI=1S/C21H21Cl2NO/c1-19(2,15-9-16(22)11-17(23)10-15)24-13-20(3)12-21(20,18(24)25)14-7-5-4-6-8-14/h4-11H,12-13H2,1-3H3. The van der Waals surface area contributed by atoms with Gasteiger partial charge in [0.2, 0.25) is 5.91 Å². The Morgan fingerprint density at radius 2 is 1.64 bits per heavy atom. The van der Waals surface area contributed by atoms with Gasteiger partial charge in [0.25, 0.3) is 0 Å². The van der Waals surface area contributed by atoms with E-state index in [-0.39, 0.29) is 16.7 Å². The SMILES string of the molecule is CC(C)(c1cc(Cl)cc(Cl)c1)N1CC2(C)CC2(c2ccccc2)C1=O. The smallest absolute Gasteiger partial charge is 0.234 e. The number of halogens is 2. The molecule has 2 aromatic carbocycles. The average Bonchev–Trinajstić information content (AvgIpc) is 3.12. The molecule has 1 aliphatic carbocycles. The zero-order valence-electron chi connectivity index (χ0n) is 14.6. The zero-order valence-corrected chi connectivity index (χ0v) is 16.2. The Labute approximate surface area is 158 Å². The van der Waals surface area contributed by atoms with Gasteiger partial charge in [-0.05, 0) is 49.6 Å². The van der Waals surface area contributed by atoms with Gasteiger partial charge in [0.15, 0.2) is 0 Å². The van der Waals surface area contributed by atoms with Gasteiger partial charge in [0.1, 0.15) is 0 Å². The highest BCUT2D eigenvalue weighted by molar-refractivity contribution is 6.34. The number of rotatable bonds is 3. The molecule has 2 fully saturated rings. The fraction of sp³-hybridized carbons (Fsp3) is 0.381. The minimum absolute atomic E-state index is 0.00885. The second kappa shape index (κ2) is 5.25. The third kappa shape index (κ3) is 2.27. The van der Waals surface area contributed by atoms with Crippen molar-refractivity contribution in [3.63, 3.8) is 0 Å². The molecule has 2 nitrogen and oxygen atoms in total. The number of benzene rings is 2. The maximum atomic E-state index is 13.5. The molecular formula is C21H21Cl2NO. The molecule has 0 spiro atoms. The molecule has 1 saturated carbocycles. The van der Waals surface area contributed by atoms with E-state index in [1.807, 2.05) is 35.2 Å². The van der Waals surface area contributed by atoms with E-state index in [1.54, 1.807) is 6.07 Å². The van der Waals surface area contributed by atoms with Crippen molar-refractivity contribution in [1.29, 1.82) is 0 Å². The number of likely N-dealkylation sites (tertiary alicyclic amines) is 1. The van der Waals surface area contributed by atoms with Crippen LogP contribution in [0.4, 0.5) is 0 Å². The number of hydrogen-bond donors (Lipinski definition) is 0. The Bertz CT molecular complexity index is 843. The van der Waals surface area contributed by atoms with Gasteiger partial charge in [-0.1, -0.05) is 60.5 Å². The molecule has 4 rings (SSSR count). The lowest BCUT2D eigenvalue weighted by Gasteiger charge is -2.38. The number of fused-ring (bicyclic) bond motifs is 1. The summed E-state index contributed by atoms with van der Waals surface area (Å²) in [6.45, 7) is 7.11. The molecule has 0 bridgehead atoms. The minimum atomic E-state index is -0.468. The first-order valence-corrected chi connectivity index (χ1v) is 9.30. The summed E-state index contributed by atoms with van der Waals surface area (Å²) in [6.07, 6.45) is 0.922. The molecule has 0 aromatic heterocycles. The molecule has 2 unspecified atom stereocenters. The zero-order chi connectivity index (χ0) is 18.0. The van der Waals surface area contributed by atoms with Crippen LogP contribution in [-0.2, 0) is 15.7 Å². The highest BCUT2D eigenvalue weighted by atomic mass is 35.5. The molecule has 2 atom stereocenters. The number of amides is 1. The van der Waals surface area contributed by atoms with Crippen LogP contribution >= 0.6 is 23.2 Å². The molecule has 1 amide bonds. The molecular weight excluding hydrogens is 353 g/mol. The van der Waals surface area contributed by atoms with Crippen molar-refractivity contribution in [1.82, 2.24) is 4.90 Å². The lowest BCUT2D eigenvalue weighted by Crippen LogP contribution is -2.46. The first-order chi connectivity index (χ1) is 11.7. The number of carbonyl (C=O) groups is 1. The minimum Gasteiger partial charge on any atom is -0.332 e. The van der Waals surface area contributed by atoms with Crippen molar-refractivity contribution in [3.8, 4) is 0 Å². The molecule has 1 aliphatic heterocycles. The first kappa shape index (κ1) is 16.9. The molecule has 4 heteroatoms. The Balaban J connectivity index is 1.75. The van der Waals surface area contributed by atoms with Gasteiger partial charge in [-0.25, -0.2) is 0 Å². The number of piperidine rings is 1. The maximum absolute atomic E-state index is 13.5. The van der Waals surface area contributed by atoms with E-state index in [1.165, 1.54) is 0 Å². The van der Waals surface area contributed by atoms with Gasteiger partial charge >= 0.3 is 0 Å². The normalized spacial score (nSPS) is 28.2. The quantitative estimate of drug-likeness (QED) is 0.703. The fourth-order valence-corrected chi connectivity index (χ4v) is 5.05. The Morgan fingerprint density at radius 1 is 1.04 bits per heavy atom. The van der Waals surface area contributed by atoms with Crippen LogP contribution in [0.5, 0.6) is 0 Å². The summed E-state index contributed by atoms with van der Waals surface area (Å²) in [5, 5.41) is 1.19. The Hall–Kier alpha value is -1.51. The first-order valence-electron chi connectivity index (χ1n) is 8.55. The van der Waals surface area contributed by atoms with E-state index < -0.39 is 5.54 Å². The van der Waals surface area contributed by atoms with Crippen molar-refractivity contribution in [2.75, 3.05) is 6.54 Å². The van der Waals surface area contributed by atoms with Gasteiger partial charge in [0, 0.05) is 22.0 Å². The lowest BCUT2D eigenvalue weighted by atomic mass is 9.88. The van der Waals surface area contributed by atoms with E-state index in [0.29, 0.717) is 10.0 Å². The van der Waals surface area contributed by atoms with Crippen molar-refractivity contribution >= 4 is 29.1 Å². The third-order valence-electron chi connectivity index (χ3n) is 6.19. The van der Waals surface area contributed by atoms with E-state index in [0.717, 1.165) is 24.1 Å². The van der Waals surface area contributed by atoms with Crippen molar-refractivity contribution < 1.29 is 4.79 Å². The van der Waals surface area contributed by atoms with Crippen molar-refractivity contribution in [2.24, 2.45) is 5.41 Å². The summed E-state index contributed by atoms with van der Waals surface area (Å²) >= 11 is 12.4. The highest BCUT2D eigenvalue weighted by Crippen LogP contribution is 2.70. The summed E-state index contributed by atoms with van der Waals surface area (Å²) in [5.41, 5.74) is 1.24. The number of hydrogen-bond acceptors (Lipinski definition) is 1. The molecule has 0 N–H and O–H groups in total. The van der Waals surface area contributed by atoms with Gasteiger partial charge < -0.3 is 4.90 Å². The second-order valence-electron chi connectivity index (χ2n) is 8.12. The van der Waals surface area contributed by atoms with E-state index in [4.69, 9.17) is 23.2 Å². The second-order valence-corrected chi connectivity index (χ2v) is 8.99. The predicted octanol–water partition coefficient (Wildman–Crippen LogP) is 5.42. The summed E-state index contributed by atoms with van der Waals surface area (Å²) in [4.78, 5) is 15.5. The van der Waals surface area contributed by atoms with Crippen LogP contribution in [0.3, 0.4) is 0 Å². The van der Waals surface area contributed by atoms with Crippen LogP contribution in [0.25, 0.3) is 0 Å². The topological polar surface area (TPSA) is 20.3 Å². The predicted molar refractivity (Wildman–Crippen MR) is 102 cm³/mol. The van der Waals surface area contributed by atoms with Crippen LogP contribution in [0, 0.1) is 5.41 Å². The number of carbonyl (C=O) groups excluding carboxylic acids is 1.